The minimum atomic E-state index is -3.83. The number of nitrogens with two attached hydrogens (primary N) is 1. The van der Waals surface area contributed by atoms with Gasteiger partial charge in [0.15, 0.2) is 0 Å². The SMILES string of the molecule is CCCc1nn(Cc2ccccc2)c(C(N)=O)c1NC(=O)c1cc(S(=O)(=O)N2CCN(C)CC2)ccc1OCC. The van der Waals surface area contributed by atoms with Crippen LogP contribution < -0.4 is 15.8 Å². The fraction of sp³-hybridized carbons (Fsp3) is 0.393. The van der Waals surface area contributed by atoms with Gasteiger partial charge in [0, 0.05) is 26.2 Å². The molecular weight excluding hydrogens is 532 g/mol. The van der Waals surface area contributed by atoms with Gasteiger partial charge in [-0.3, -0.25) is 14.3 Å². The third kappa shape index (κ3) is 6.35. The Balaban J connectivity index is 1.72. The Morgan fingerprint density at radius 1 is 1.05 bits per heavy atom. The number of piperazine rings is 1. The van der Waals surface area contributed by atoms with Crippen molar-refractivity contribution in [1.29, 1.82) is 0 Å². The van der Waals surface area contributed by atoms with E-state index in [0.29, 0.717) is 44.7 Å². The van der Waals surface area contributed by atoms with Gasteiger partial charge in [0.25, 0.3) is 11.8 Å². The molecule has 3 aromatic rings. The number of nitrogens with one attached hydrogen (secondary N) is 1. The number of carbonyl (C=O) groups is 2. The van der Waals surface area contributed by atoms with Crippen molar-refractivity contribution in [2.45, 2.75) is 38.1 Å². The van der Waals surface area contributed by atoms with Crippen LogP contribution in [0.2, 0.25) is 0 Å². The van der Waals surface area contributed by atoms with Crippen LogP contribution in [0.3, 0.4) is 0 Å². The molecule has 0 atom stereocenters. The number of likely N-dealkylation sites (N-methyl/N-ethyl adjacent to an activating group) is 1. The number of rotatable bonds is 11. The second kappa shape index (κ2) is 12.6. The molecule has 0 spiro atoms. The molecule has 0 radical (unpaired) electrons. The van der Waals surface area contributed by atoms with Crippen molar-refractivity contribution in [3.8, 4) is 5.75 Å². The number of aryl methyl sites for hydroxylation is 1. The fourth-order valence-corrected chi connectivity index (χ4v) is 6.11. The Hall–Kier alpha value is -3.74. The molecule has 0 saturated carbocycles. The minimum Gasteiger partial charge on any atom is -0.493 e. The molecule has 1 aromatic heterocycles. The average molecular weight is 569 g/mol. The highest BCUT2D eigenvalue weighted by Gasteiger charge is 2.30. The van der Waals surface area contributed by atoms with Gasteiger partial charge in [-0.1, -0.05) is 43.7 Å². The number of ether oxygens (including phenoxy) is 1. The zero-order chi connectivity index (χ0) is 28.9. The van der Waals surface area contributed by atoms with Crippen molar-refractivity contribution in [3.63, 3.8) is 0 Å². The molecule has 4 rings (SSSR count). The van der Waals surface area contributed by atoms with Crippen LogP contribution >= 0.6 is 0 Å². The van der Waals surface area contributed by atoms with E-state index in [0.717, 1.165) is 5.56 Å². The molecule has 0 aliphatic carbocycles. The lowest BCUT2D eigenvalue weighted by atomic mass is 10.1. The van der Waals surface area contributed by atoms with Crippen molar-refractivity contribution >= 4 is 27.5 Å². The summed E-state index contributed by atoms with van der Waals surface area (Å²) in [7, 11) is -1.89. The third-order valence-corrected chi connectivity index (χ3v) is 8.65. The summed E-state index contributed by atoms with van der Waals surface area (Å²) < 4.78 is 35.4. The lowest BCUT2D eigenvalue weighted by Gasteiger charge is -2.31. The standard InChI is InChI=1S/C28H36N6O5S/c1-4-9-23-25(26(27(29)35)34(31-23)19-20-10-7-6-8-11-20)30-28(36)22-18-21(12-13-24(22)39-5-2)40(37,38)33-16-14-32(3)15-17-33/h6-8,10-13,18H,4-5,9,14-17,19H2,1-3H3,(H2,29,35)(H,30,36). The molecule has 0 unspecified atom stereocenters. The number of carbonyl (C=O) groups excluding carboxylic acids is 2. The number of hydrogen-bond acceptors (Lipinski definition) is 7. The average Bonchev–Trinajstić information content (AvgIpc) is 3.26. The molecule has 1 aliphatic rings. The lowest BCUT2D eigenvalue weighted by Crippen LogP contribution is -2.47. The Bertz CT molecular complexity index is 1460. The summed E-state index contributed by atoms with van der Waals surface area (Å²) in [5.74, 6) is -1.14. The predicted molar refractivity (Wildman–Crippen MR) is 152 cm³/mol. The van der Waals surface area contributed by atoms with Gasteiger partial charge in [-0.05, 0) is 44.2 Å². The van der Waals surface area contributed by atoms with E-state index in [4.69, 9.17) is 10.5 Å². The summed E-state index contributed by atoms with van der Waals surface area (Å²) in [5, 5.41) is 7.42. The van der Waals surface area contributed by atoms with E-state index < -0.39 is 21.8 Å². The summed E-state index contributed by atoms with van der Waals surface area (Å²) in [4.78, 5) is 28.4. The zero-order valence-electron chi connectivity index (χ0n) is 23.1. The first-order valence-corrected chi connectivity index (χ1v) is 14.8. The van der Waals surface area contributed by atoms with Crippen molar-refractivity contribution < 1.29 is 22.7 Å². The summed E-state index contributed by atoms with van der Waals surface area (Å²) in [6, 6.07) is 13.7. The predicted octanol–water partition coefficient (Wildman–Crippen LogP) is 2.57. The quantitative estimate of drug-likeness (QED) is 0.362. The van der Waals surface area contributed by atoms with Gasteiger partial charge in [-0.25, -0.2) is 8.42 Å². The number of amides is 2. The Morgan fingerprint density at radius 3 is 2.38 bits per heavy atom. The number of sulfonamides is 1. The van der Waals surface area contributed by atoms with Crippen LogP contribution in [-0.4, -0.2) is 79.1 Å². The minimum absolute atomic E-state index is 0.00525. The second-order valence-electron chi connectivity index (χ2n) is 9.68. The first-order chi connectivity index (χ1) is 19.1. The summed E-state index contributed by atoms with van der Waals surface area (Å²) in [5.41, 5.74) is 7.52. The molecule has 214 valence electrons. The largest absolute Gasteiger partial charge is 0.493 e. The Kier molecular flexibility index (Phi) is 9.23. The second-order valence-corrected chi connectivity index (χ2v) is 11.6. The van der Waals surface area contributed by atoms with E-state index in [9.17, 15) is 18.0 Å². The van der Waals surface area contributed by atoms with E-state index >= 15 is 0 Å². The van der Waals surface area contributed by atoms with Crippen LogP contribution in [0.1, 0.15) is 52.4 Å². The van der Waals surface area contributed by atoms with Crippen molar-refractivity contribution in [1.82, 2.24) is 19.0 Å². The smallest absolute Gasteiger partial charge is 0.269 e. The maximum absolute atomic E-state index is 13.7. The van der Waals surface area contributed by atoms with Crippen molar-refractivity contribution in [2.75, 3.05) is 45.2 Å². The fourth-order valence-electron chi connectivity index (χ4n) is 4.66. The Labute approximate surface area is 234 Å². The van der Waals surface area contributed by atoms with Crippen molar-refractivity contribution in [2.24, 2.45) is 5.73 Å². The van der Waals surface area contributed by atoms with E-state index in [2.05, 4.69) is 15.3 Å². The third-order valence-electron chi connectivity index (χ3n) is 6.75. The molecule has 1 saturated heterocycles. The number of benzene rings is 2. The van der Waals surface area contributed by atoms with Crippen LogP contribution in [0, 0.1) is 0 Å². The molecule has 1 fully saturated rings. The van der Waals surface area contributed by atoms with Gasteiger partial charge in [-0.15, -0.1) is 0 Å². The number of primary amides is 1. The summed E-state index contributed by atoms with van der Waals surface area (Å²) in [6.07, 6.45) is 1.21. The van der Waals surface area contributed by atoms with Gasteiger partial charge in [0.1, 0.15) is 11.4 Å². The topological polar surface area (TPSA) is 140 Å². The highest BCUT2D eigenvalue weighted by Crippen LogP contribution is 2.29. The molecule has 3 N–H and O–H groups in total. The van der Waals surface area contributed by atoms with Crippen LogP contribution in [0.4, 0.5) is 5.69 Å². The van der Waals surface area contributed by atoms with Crippen LogP contribution in [0.25, 0.3) is 0 Å². The van der Waals surface area contributed by atoms with Crippen LogP contribution in [0.15, 0.2) is 53.4 Å². The maximum atomic E-state index is 13.7. The lowest BCUT2D eigenvalue weighted by molar-refractivity contribution is 0.0991. The van der Waals surface area contributed by atoms with E-state index in [1.165, 1.54) is 27.2 Å². The number of anilines is 1. The highest BCUT2D eigenvalue weighted by molar-refractivity contribution is 7.89. The van der Waals surface area contributed by atoms with Gasteiger partial charge in [-0.2, -0.15) is 9.40 Å². The highest BCUT2D eigenvalue weighted by atomic mass is 32.2. The molecule has 0 bridgehead atoms. The maximum Gasteiger partial charge on any atom is 0.269 e. The molecular formula is C28H36N6O5S. The van der Waals surface area contributed by atoms with Gasteiger partial charge in [0.2, 0.25) is 10.0 Å². The monoisotopic (exact) mass is 568 g/mol. The number of nitrogens with zero attached hydrogens (tertiary/aromatic N) is 4. The molecule has 11 nitrogen and oxygen atoms in total. The van der Waals surface area contributed by atoms with E-state index in [-0.39, 0.29) is 40.7 Å². The van der Waals surface area contributed by atoms with Crippen LogP contribution in [0.5, 0.6) is 5.75 Å². The molecule has 40 heavy (non-hydrogen) atoms. The van der Waals surface area contributed by atoms with Crippen LogP contribution in [-0.2, 0) is 23.0 Å². The molecule has 2 heterocycles. The normalized spacial score (nSPS) is 14.7. The molecule has 2 aromatic carbocycles. The first-order valence-electron chi connectivity index (χ1n) is 13.4. The summed E-state index contributed by atoms with van der Waals surface area (Å²) >= 11 is 0. The first kappa shape index (κ1) is 29.2. The zero-order valence-corrected chi connectivity index (χ0v) is 23.9. The molecule has 2 amide bonds. The Morgan fingerprint density at radius 2 is 1.75 bits per heavy atom. The van der Waals surface area contributed by atoms with Crippen molar-refractivity contribution in [3.05, 3.63) is 71.0 Å². The van der Waals surface area contributed by atoms with Gasteiger partial charge in [0.05, 0.1) is 35.0 Å². The van der Waals surface area contributed by atoms with E-state index in [1.54, 1.807) is 6.92 Å². The van der Waals surface area contributed by atoms with Gasteiger partial charge < -0.3 is 20.7 Å². The number of aromatic nitrogens is 2. The molecule has 12 heteroatoms. The summed E-state index contributed by atoms with van der Waals surface area (Å²) in [6.45, 7) is 6.24. The van der Waals surface area contributed by atoms with E-state index in [1.807, 2.05) is 44.3 Å². The van der Waals surface area contributed by atoms with Gasteiger partial charge >= 0.3 is 0 Å². The number of hydrogen-bond donors (Lipinski definition) is 2. The molecule has 1 aliphatic heterocycles.